The van der Waals surface area contributed by atoms with Crippen LogP contribution in [0.3, 0.4) is 0 Å². The molecule has 0 fully saturated rings. The average Bonchev–Trinajstić information content (AvgIpc) is 2.55. The van der Waals surface area contributed by atoms with Crippen molar-refractivity contribution in [3.05, 3.63) is 54.1 Å². The third kappa shape index (κ3) is 3.62. The zero-order chi connectivity index (χ0) is 17.1. The van der Waals surface area contributed by atoms with E-state index >= 15 is 0 Å². The van der Waals surface area contributed by atoms with E-state index in [-0.39, 0.29) is 18.2 Å². The summed E-state index contributed by atoms with van der Waals surface area (Å²) in [6.07, 6.45) is 0.150. The van der Waals surface area contributed by atoms with Gasteiger partial charge in [-0.3, -0.25) is 9.59 Å². The van der Waals surface area contributed by atoms with Crippen LogP contribution in [0.1, 0.15) is 31.7 Å². The highest BCUT2D eigenvalue weighted by Gasteiger charge is 2.28. The Hall–Kier alpha value is -2.27. The fourth-order valence-electron chi connectivity index (χ4n) is 2.71. The van der Waals surface area contributed by atoms with Gasteiger partial charge < -0.3 is 10.6 Å². The van der Waals surface area contributed by atoms with E-state index in [1.54, 1.807) is 0 Å². The van der Waals surface area contributed by atoms with E-state index in [1.165, 1.54) is 11.8 Å². The Labute approximate surface area is 146 Å². The summed E-state index contributed by atoms with van der Waals surface area (Å²) in [7, 11) is 0. The summed E-state index contributed by atoms with van der Waals surface area (Å²) in [6.45, 7) is 4.18. The van der Waals surface area contributed by atoms with Crippen LogP contribution in [0.15, 0.2) is 53.4 Å². The fourth-order valence-corrected chi connectivity index (χ4v) is 3.82. The Morgan fingerprint density at radius 2 is 1.88 bits per heavy atom. The van der Waals surface area contributed by atoms with Gasteiger partial charge in [0.2, 0.25) is 11.8 Å². The lowest BCUT2D eigenvalue weighted by Crippen LogP contribution is -2.32. The highest BCUT2D eigenvalue weighted by molar-refractivity contribution is 8.01. The van der Waals surface area contributed by atoms with E-state index in [4.69, 9.17) is 0 Å². The van der Waals surface area contributed by atoms with E-state index in [0.717, 1.165) is 21.8 Å². The molecule has 1 heterocycles. The highest BCUT2D eigenvalue weighted by Crippen LogP contribution is 2.36. The number of thioether (sulfide) groups is 1. The first-order valence-electron chi connectivity index (χ1n) is 8.00. The number of hydrogen-bond acceptors (Lipinski definition) is 3. The van der Waals surface area contributed by atoms with E-state index in [9.17, 15) is 9.59 Å². The Balaban J connectivity index is 1.69. The zero-order valence-corrected chi connectivity index (χ0v) is 14.5. The van der Waals surface area contributed by atoms with Crippen molar-refractivity contribution in [1.82, 2.24) is 0 Å². The SMILES string of the molecule is CC(C)c1ccccc1NC(=O)CC1Sc2ccccc2NC1=O. The molecule has 0 saturated carbocycles. The lowest BCUT2D eigenvalue weighted by atomic mass is 10.0. The number of anilines is 2. The summed E-state index contributed by atoms with van der Waals surface area (Å²) in [6, 6.07) is 15.4. The monoisotopic (exact) mass is 340 g/mol. The molecule has 2 aromatic rings. The molecule has 0 saturated heterocycles. The van der Waals surface area contributed by atoms with Crippen molar-refractivity contribution in [3.63, 3.8) is 0 Å². The number of fused-ring (bicyclic) bond motifs is 1. The van der Waals surface area contributed by atoms with E-state index in [0.29, 0.717) is 5.92 Å². The average molecular weight is 340 g/mol. The minimum atomic E-state index is -0.411. The van der Waals surface area contributed by atoms with E-state index in [2.05, 4.69) is 24.5 Å². The Morgan fingerprint density at radius 1 is 1.17 bits per heavy atom. The number of benzene rings is 2. The molecule has 24 heavy (non-hydrogen) atoms. The summed E-state index contributed by atoms with van der Waals surface area (Å²) >= 11 is 1.44. The van der Waals surface area contributed by atoms with E-state index < -0.39 is 5.25 Å². The molecular weight excluding hydrogens is 320 g/mol. The number of amides is 2. The molecular formula is C19H20N2O2S. The van der Waals surface area contributed by atoms with Crippen LogP contribution in [0.4, 0.5) is 11.4 Å². The third-order valence-electron chi connectivity index (χ3n) is 3.93. The molecule has 3 rings (SSSR count). The molecule has 0 radical (unpaired) electrons. The minimum Gasteiger partial charge on any atom is -0.326 e. The Morgan fingerprint density at radius 3 is 2.67 bits per heavy atom. The maximum Gasteiger partial charge on any atom is 0.238 e. The summed E-state index contributed by atoms with van der Waals surface area (Å²) in [5.74, 6) is 0.0573. The number of hydrogen-bond donors (Lipinski definition) is 2. The minimum absolute atomic E-state index is 0.119. The topological polar surface area (TPSA) is 58.2 Å². The number of carbonyl (C=O) groups is 2. The molecule has 2 aromatic carbocycles. The van der Waals surface area contributed by atoms with Crippen molar-refractivity contribution in [2.45, 2.75) is 36.3 Å². The maximum absolute atomic E-state index is 12.4. The molecule has 1 aliphatic rings. The van der Waals surface area contributed by atoms with Crippen LogP contribution >= 0.6 is 11.8 Å². The zero-order valence-electron chi connectivity index (χ0n) is 13.7. The molecule has 5 heteroatoms. The molecule has 0 aromatic heterocycles. The fraction of sp³-hybridized carbons (Fsp3) is 0.263. The number of rotatable bonds is 4. The lowest BCUT2D eigenvalue weighted by Gasteiger charge is -2.23. The number of para-hydroxylation sites is 2. The molecule has 124 valence electrons. The second kappa shape index (κ2) is 7.09. The van der Waals surface area contributed by atoms with Gasteiger partial charge in [0, 0.05) is 17.0 Å². The Bertz CT molecular complexity index is 773. The van der Waals surface area contributed by atoms with Crippen LogP contribution < -0.4 is 10.6 Å². The first-order chi connectivity index (χ1) is 11.5. The summed E-state index contributed by atoms with van der Waals surface area (Å²) < 4.78 is 0. The van der Waals surface area contributed by atoms with Crippen LogP contribution in [-0.4, -0.2) is 17.1 Å². The van der Waals surface area contributed by atoms with Gasteiger partial charge in [0.1, 0.15) is 0 Å². The molecule has 1 aliphatic heterocycles. The number of nitrogens with one attached hydrogen (secondary N) is 2. The Kier molecular flexibility index (Phi) is 4.90. The van der Waals surface area contributed by atoms with Crippen molar-refractivity contribution in [2.24, 2.45) is 0 Å². The van der Waals surface area contributed by atoms with Crippen molar-refractivity contribution < 1.29 is 9.59 Å². The molecule has 1 atom stereocenters. The first kappa shape index (κ1) is 16.6. The van der Waals surface area contributed by atoms with Gasteiger partial charge in [-0.15, -0.1) is 11.8 Å². The van der Waals surface area contributed by atoms with Gasteiger partial charge in [-0.1, -0.05) is 44.2 Å². The molecule has 1 unspecified atom stereocenters. The van der Waals surface area contributed by atoms with Gasteiger partial charge in [0.15, 0.2) is 0 Å². The third-order valence-corrected chi connectivity index (χ3v) is 5.21. The van der Waals surface area contributed by atoms with Gasteiger partial charge in [-0.05, 0) is 29.7 Å². The highest BCUT2D eigenvalue weighted by atomic mass is 32.2. The summed E-state index contributed by atoms with van der Waals surface area (Å²) in [4.78, 5) is 25.6. The van der Waals surface area contributed by atoms with Gasteiger partial charge in [-0.25, -0.2) is 0 Å². The van der Waals surface area contributed by atoms with Crippen molar-refractivity contribution in [1.29, 1.82) is 0 Å². The van der Waals surface area contributed by atoms with Gasteiger partial charge in [-0.2, -0.15) is 0 Å². The second-order valence-corrected chi connectivity index (χ2v) is 7.33. The second-order valence-electron chi connectivity index (χ2n) is 6.09. The van der Waals surface area contributed by atoms with Crippen LogP contribution in [0, 0.1) is 0 Å². The maximum atomic E-state index is 12.4. The lowest BCUT2D eigenvalue weighted by molar-refractivity contribution is -0.120. The van der Waals surface area contributed by atoms with Gasteiger partial charge >= 0.3 is 0 Å². The van der Waals surface area contributed by atoms with Gasteiger partial charge in [0.25, 0.3) is 0 Å². The summed E-state index contributed by atoms with van der Waals surface area (Å²) in [5, 5.41) is 5.41. The van der Waals surface area contributed by atoms with Crippen LogP contribution in [0.5, 0.6) is 0 Å². The van der Waals surface area contributed by atoms with Crippen molar-refractivity contribution >= 4 is 35.0 Å². The molecule has 0 aliphatic carbocycles. The normalized spacial score (nSPS) is 16.5. The predicted molar refractivity (Wildman–Crippen MR) is 98.5 cm³/mol. The van der Waals surface area contributed by atoms with E-state index in [1.807, 2.05) is 48.5 Å². The molecule has 0 bridgehead atoms. The largest absolute Gasteiger partial charge is 0.326 e. The summed E-state index contributed by atoms with van der Waals surface area (Å²) in [5.41, 5.74) is 2.73. The standard InChI is InChI=1S/C19H20N2O2S/c1-12(2)13-7-3-4-8-14(13)20-18(22)11-17-19(23)21-15-9-5-6-10-16(15)24-17/h3-10,12,17H,11H2,1-2H3,(H,20,22)(H,21,23). The van der Waals surface area contributed by atoms with Crippen LogP contribution in [0.25, 0.3) is 0 Å². The molecule has 2 amide bonds. The molecule has 0 spiro atoms. The molecule has 2 N–H and O–H groups in total. The van der Waals surface area contributed by atoms with Crippen molar-refractivity contribution in [2.75, 3.05) is 10.6 Å². The van der Waals surface area contributed by atoms with Crippen LogP contribution in [0.2, 0.25) is 0 Å². The van der Waals surface area contributed by atoms with Gasteiger partial charge in [0.05, 0.1) is 10.9 Å². The molecule has 4 nitrogen and oxygen atoms in total. The number of carbonyl (C=O) groups excluding carboxylic acids is 2. The van der Waals surface area contributed by atoms with Crippen molar-refractivity contribution in [3.8, 4) is 0 Å². The van der Waals surface area contributed by atoms with Crippen LogP contribution in [-0.2, 0) is 9.59 Å². The smallest absolute Gasteiger partial charge is 0.238 e. The predicted octanol–water partition coefficient (Wildman–Crippen LogP) is 4.25. The first-order valence-corrected chi connectivity index (χ1v) is 8.88. The quantitative estimate of drug-likeness (QED) is 0.875.